The molecule has 6 heteroatoms. The predicted octanol–water partition coefficient (Wildman–Crippen LogP) is 3.29. The smallest absolute Gasteiger partial charge is 0.330 e. The Morgan fingerprint density at radius 2 is 2.35 bits per heavy atom. The summed E-state index contributed by atoms with van der Waals surface area (Å²) in [5.74, 6) is -0.930. The maximum atomic E-state index is 11.4. The topological polar surface area (TPSA) is 67.2 Å². The van der Waals surface area contributed by atoms with Crippen molar-refractivity contribution in [1.82, 2.24) is 9.78 Å². The fourth-order valence-electron chi connectivity index (χ4n) is 1.91. The van der Waals surface area contributed by atoms with Gasteiger partial charge in [0, 0.05) is 28.5 Å². The number of carboxylic acid groups (broad SMARTS) is 1. The first-order valence-corrected chi connectivity index (χ1v) is 7.16. The highest BCUT2D eigenvalue weighted by Crippen LogP contribution is 2.22. The van der Waals surface area contributed by atoms with Crippen LogP contribution in [0.15, 0.2) is 41.1 Å². The second-order valence-corrected chi connectivity index (χ2v) is 5.38. The Bertz CT molecular complexity index is 598. The minimum Gasteiger partial charge on any atom is -0.479 e. The van der Waals surface area contributed by atoms with E-state index in [4.69, 9.17) is 0 Å². The monoisotopic (exact) mass is 337 g/mol. The molecular formula is C14H16BrN3O2. The number of aryl methyl sites for hydroxylation is 1. The number of carbonyl (C=O) groups is 1. The van der Waals surface area contributed by atoms with Gasteiger partial charge in [0.1, 0.15) is 0 Å². The average Bonchev–Trinajstić information content (AvgIpc) is 2.84. The molecule has 1 unspecified atom stereocenters. The number of carboxylic acids is 1. The van der Waals surface area contributed by atoms with Crippen LogP contribution < -0.4 is 5.32 Å². The first-order chi connectivity index (χ1) is 9.60. The molecule has 1 heterocycles. The Balaban J connectivity index is 2.20. The number of aromatic nitrogens is 2. The predicted molar refractivity (Wildman–Crippen MR) is 80.7 cm³/mol. The van der Waals surface area contributed by atoms with Crippen molar-refractivity contribution in [1.29, 1.82) is 0 Å². The van der Waals surface area contributed by atoms with E-state index in [2.05, 4.69) is 33.3 Å². The first-order valence-electron chi connectivity index (χ1n) is 6.37. The minimum atomic E-state index is -0.930. The molecule has 1 atom stereocenters. The van der Waals surface area contributed by atoms with Gasteiger partial charge in [0.05, 0.1) is 6.20 Å². The van der Waals surface area contributed by atoms with Crippen molar-refractivity contribution in [2.45, 2.75) is 25.9 Å². The Morgan fingerprint density at radius 3 is 3.00 bits per heavy atom. The molecule has 0 fully saturated rings. The zero-order valence-corrected chi connectivity index (χ0v) is 12.7. The molecule has 0 radical (unpaired) electrons. The third-order valence-electron chi connectivity index (χ3n) is 2.82. The van der Waals surface area contributed by atoms with Gasteiger partial charge < -0.3 is 10.4 Å². The molecule has 106 valence electrons. The molecule has 2 rings (SSSR count). The standard InChI is InChI=1S/C14H16BrN3O2/c1-2-6-18-9-10(8-16-18)13(14(19)20)17-12-5-3-4-11(15)7-12/h3-5,7-9,13,17H,2,6H2,1H3,(H,19,20). The van der Waals surface area contributed by atoms with Crippen LogP contribution in [0.1, 0.15) is 24.9 Å². The quantitative estimate of drug-likeness (QED) is 0.848. The second kappa shape index (κ2) is 6.56. The number of rotatable bonds is 6. The van der Waals surface area contributed by atoms with Crippen molar-refractivity contribution in [3.05, 3.63) is 46.7 Å². The van der Waals surface area contributed by atoms with Gasteiger partial charge in [-0.3, -0.25) is 4.68 Å². The number of nitrogens with zero attached hydrogens (tertiary/aromatic N) is 2. The molecule has 20 heavy (non-hydrogen) atoms. The highest BCUT2D eigenvalue weighted by Gasteiger charge is 2.21. The van der Waals surface area contributed by atoms with Crippen LogP contribution in [0.5, 0.6) is 0 Å². The van der Waals surface area contributed by atoms with Gasteiger partial charge in [0.15, 0.2) is 6.04 Å². The fourth-order valence-corrected chi connectivity index (χ4v) is 2.31. The third-order valence-corrected chi connectivity index (χ3v) is 3.32. The lowest BCUT2D eigenvalue weighted by Gasteiger charge is -2.14. The van der Waals surface area contributed by atoms with Gasteiger partial charge in [0.25, 0.3) is 0 Å². The zero-order chi connectivity index (χ0) is 14.5. The lowest BCUT2D eigenvalue weighted by atomic mass is 10.1. The summed E-state index contributed by atoms with van der Waals surface area (Å²) in [6, 6.07) is 6.60. The summed E-state index contributed by atoms with van der Waals surface area (Å²) in [6.07, 6.45) is 4.32. The van der Waals surface area contributed by atoms with Crippen molar-refractivity contribution in [3.8, 4) is 0 Å². The molecule has 0 spiro atoms. The first kappa shape index (κ1) is 14.6. The molecule has 2 aromatic rings. The molecule has 0 aliphatic carbocycles. The van der Waals surface area contributed by atoms with Crippen LogP contribution >= 0.6 is 15.9 Å². The number of hydrogen-bond acceptors (Lipinski definition) is 3. The van der Waals surface area contributed by atoms with Gasteiger partial charge in [-0.15, -0.1) is 0 Å². The van der Waals surface area contributed by atoms with Gasteiger partial charge >= 0.3 is 5.97 Å². The summed E-state index contributed by atoms with van der Waals surface area (Å²) in [5, 5.41) is 16.6. The number of nitrogens with one attached hydrogen (secondary N) is 1. The van der Waals surface area contributed by atoms with E-state index >= 15 is 0 Å². The van der Waals surface area contributed by atoms with E-state index in [1.165, 1.54) is 0 Å². The van der Waals surface area contributed by atoms with Crippen molar-refractivity contribution in [3.63, 3.8) is 0 Å². The largest absolute Gasteiger partial charge is 0.479 e. The highest BCUT2D eigenvalue weighted by molar-refractivity contribution is 9.10. The Labute approximate surface area is 125 Å². The summed E-state index contributed by atoms with van der Waals surface area (Å²) >= 11 is 3.37. The van der Waals surface area contributed by atoms with Crippen molar-refractivity contribution in [2.24, 2.45) is 0 Å². The van der Waals surface area contributed by atoms with Crippen molar-refractivity contribution >= 4 is 27.6 Å². The summed E-state index contributed by atoms with van der Waals surface area (Å²) < 4.78 is 2.65. The molecule has 1 aromatic carbocycles. The van der Waals surface area contributed by atoms with Crippen LogP contribution in [0, 0.1) is 0 Å². The second-order valence-electron chi connectivity index (χ2n) is 4.46. The number of hydrogen-bond donors (Lipinski definition) is 2. The van der Waals surface area contributed by atoms with E-state index < -0.39 is 12.0 Å². The number of aliphatic carboxylic acids is 1. The molecule has 0 amide bonds. The lowest BCUT2D eigenvalue weighted by molar-refractivity contribution is -0.138. The fraction of sp³-hybridized carbons (Fsp3) is 0.286. The minimum absolute atomic E-state index is 0.644. The van der Waals surface area contributed by atoms with E-state index in [0.29, 0.717) is 5.56 Å². The number of halogens is 1. The average molecular weight is 338 g/mol. The van der Waals surface area contributed by atoms with Crippen LogP contribution in [-0.4, -0.2) is 20.9 Å². The van der Waals surface area contributed by atoms with Crippen LogP contribution in [-0.2, 0) is 11.3 Å². The molecule has 2 N–H and O–H groups in total. The SMILES string of the molecule is CCCn1cc(C(Nc2cccc(Br)c2)C(=O)O)cn1. The van der Waals surface area contributed by atoms with Gasteiger partial charge in [0.2, 0.25) is 0 Å². The molecule has 0 aliphatic rings. The molecule has 5 nitrogen and oxygen atoms in total. The van der Waals surface area contributed by atoms with Gasteiger partial charge in [-0.1, -0.05) is 28.9 Å². The third kappa shape index (κ3) is 3.60. The summed E-state index contributed by atoms with van der Waals surface area (Å²) in [5.41, 5.74) is 1.39. The molecular weight excluding hydrogens is 322 g/mol. The highest BCUT2D eigenvalue weighted by atomic mass is 79.9. The van der Waals surface area contributed by atoms with E-state index in [-0.39, 0.29) is 0 Å². The van der Waals surface area contributed by atoms with E-state index in [9.17, 15) is 9.90 Å². The molecule has 1 aromatic heterocycles. The normalized spacial score (nSPS) is 12.1. The summed E-state index contributed by atoms with van der Waals surface area (Å²) in [7, 11) is 0. The zero-order valence-electron chi connectivity index (χ0n) is 11.1. The van der Waals surface area contributed by atoms with E-state index in [1.807, 2.05) is 24.3 Å². The van der Waals surface area contributed by atoms with Gasteiger partial charge in [-0.2, -0.15) is 5.10 Å². The molecule has 0 bridgehead atoms. The van der Waals surface area contributed by atoms with E-state index in [0.717, 1.165) is 23.1 Å². The lowest BCUT2D eigenvalue weighted by Crippen LogP contribution is -2.20. The molecule has 0 saturated carbocycles. The molecule has 0 saturated heterocycles. The van der Waals surface area contributed by atoms with Gasteiger partial charge in [-0.25, -0.2) is 4.79 Å². The summed E-state index contributed by atoms with van der Waals surface area (Å²) in [6.45, 7) is 2.83. The van der Waals surface area contributed by atoms with Crippen LogP contribution in [0.3, 0.4) is 0 Å². The summed E-state index contributed by atoms with van der Waals surface area (Å²) in [4.78, 5) is 11.4. The Kier molecular flexibility index (Phi) is 4.79. The molecule has 0 aliphatic heterocycles. The van der Waals surface area contributed by atoms with E-state index in [1.54, 1.807) is 17.1 Å². The number of anilines is 1. The van der Waals surface area contributed by atoms with Gasteiger partial charge in [-0.05, 0) is 24.6 Å². The van der Waals surface area contributed by atoms with Crippen LogP contribution in [0.25, 0.3) is 0 Å². The number of benzene rings is 1. The maximum absolute atomic E-state index is 11.4. The van der Waals surface area contributed by atoms with Crippen LogP contribution in [0.2, 0.25) is 0 Å². The Hall–Kier alpha value is -1.82. The Morgan fingerprint density at radius 1 is 1.55 bits per heavy atom. The van der Waals surface area contributed by atoms with Crippen LogP contribution in [0.4, 0.5) is 5.69 Å². The van der Waals surface area contributed by atoms with Crippen molar-refractivity contribution in [2.75, 3.05) is 5.32 Å². The van der Waals surface area contributed by atoms with Crippen molar-refractivity contribution < 1.29 is 9.90 Å². The maximum Gasteiger partial charge on any atom is 0.330 e.